The number of benzene rings is 1. The average Bonchev–Trinajstić information content (AvgIpc) is 2.27. The molecule has 0 spiro atoms. The maximum Gasteiger partial charge on any atom is 0.132 e. The molecule has 0 heterocycles. The molecular weight excluding hydrogens is 176 g/mol. The zero-order valence-electron chi connectivity index (χ0n) is 6.80. The smallest absolute Gasteiger partial charge is 0.132 e. The molecule has 1 aromatic rings. The van der Waals surface area contributed by atoms with Crippen LogP contribution in [0.2, 0.25) is 0 Å². The third-order valence-electron chi connectivity index (χ3n) is 2.34. The highest BCUT2D eigenvalue weighted by atomic mass is 19.1. The minimum absolute atomic E-state index is 0.147. The molecule has 0 bridgehead atoms. The van der Waals surface area contributed by atoms with Gasteiger partial charge in [0.2, 0.25) is 0 Å². The van der Waals surface area contributed by atoms with Crippen molar-refractivity contribution in [3.63, 3.8) is 0 Å². The molecule has 0 unspecified atom stereocenters. The van der Waals surface area contributed by atoms with E-state index >= 15 is 0 Å². The van der Waals surface area contributed by atoms with Crippen molar-refractivity contribution in [1.29, 1.82) is 0 Å². The van der Waals surface area contributed by atoms with Gasteiger partial charge >= 0.3 is 0 Å². The van der Waals surface area contributed by atoms with Crippen molar-refractivity contribution in [3.8, 4) is 0 Å². The Labute approximate surface area is 74.0 Å². The first-order valence-electron chi connectivity index (χ1n) is 4.01. The summed E-state index contributed by atoms with van der Waals surface area (Å²) in [6.07, 6.45) is -0.679. The number of hydrogen-bond donors (Lipinski definition) is 2. The summed E-state index contributed by atoms with van der Waals surface area (Å²) in [7, 11) is 0. The number of aliphatic hydroxyl groups excluding tert-OH is 1. The fraction of sp³-hybridized carbons (Fsp3) is 0.333. The van der Waals surface area contributed by atoms with E-state index in [0.29, 0.717) is 12.0 Å². The highest BCUT2D eigenvalue weighted by Crippen LogP contribution is 2.32. The zero-order valence-corrected chi connectivity index (χ0v) is 6.80. The predicted octanol–water partition coefficient (Wildman–Crippen LogP) is 0.882. The van der Waals surface area contributed by atoms with Crippen LogP contribution in [0.25, 0.3) is 0 Å². The van der Waals surface area contributed by atoms with Crippen molar-refractivity contribution in [2.75, 3.05) is 0 Å². The second kappa shape index (κ2) is 2.75. The Balaban J connectivity index is 2.57. The Morgan fingerprint density at radius 1 is 1.38 bits per heavy atom. The van der Waals surface area contributed by atoms with E-state index in [-0.39, 0.29) is 5.56 Å². The highest BCUT2D eigenvalue weighted by molar-refractivity contribution is 5.37. The van der Waals surface area contributed by atoms with E-state index in [2.05, 4.69) is 0 Å². The zero-order chi connectivity index (χ0) is 9.59. The van der Waals surface area contributed by atoms with Crippen LogP contribution in [0.5, 0.6) is 0 Å². The molecule has 0 saturated heterocycles. The van der Waals surface area contributed by atoms with E-state index in [4.69, 9.17) is 5.73 Å². The van der Waals surface area contributed by atoms with Gasteiger partial charge in [-0.1, -0.05) is 0 Å². The molecule has 0 amide bonds. The van der Waals surface area contributed by atoms with Crippen LogP contribution in [0.4, 0.5) is 8.78 Å². The van der Waals surface area contributed by atoms with Crippen molar-refractivity contribution in [2.45, 2.75) is 18.6 Å². The molecule has 2 rings (SSSR count). The lowest BCUT2D eigenvalue weighted by molar-refractivity contribution is 0.155. The molecule has 0 aromatic heterocycles. The fourth-order valence-electron chi connectivity index (χ4n) is 1.72. The summed E-state index contributed by atoms with van der Waals surface area (Å²) in [5, 5.41) is 9.43. The molecule has 0 aliphatic heterocycles. The largest absolute Gasteiger partial charge is 0.387 e. The van der Waals surface area contributed by atoms with Gasteiger partial charge in [0, 0.05) is 17.7 Å². The quantitative estimate of drug-likeness (QED) is 0.630. The van der Waals surface area contributed by atoms with E-state index in [1.165, 1.54) is 6.07 Å². The third kappa shape index (κ3) is 1.22. The predicted molar refractivity (Wildman–Crippen MR) is 43.0 cm³/mol. The first-order chi connectivity index (χ1) is 6.09. The minimum atomic E-state index is -1.00. The Morgan fingerprint density at radius 3 is 2.77 bits per heavy atom. The molecule has 2 atom stereocenters. The molecule has 2 nitrogen and oxygen atoms in total. The van der Waals surface area contributed by atoms with Crippen LogP contribution in [0, 0.1) is 11.6 Å². The lowest BCUT2D eigenvalue weighted by Gasteiger charge is -2.08. The van der Waals surface area contributed by atoms with Gasteiger partial charge in [-0.05, 0) is 18.1 Å². The monoisotopic (exact) mass is 185 g/mol. The van der Waals surface area contributed by atoms with Gasteiger partial charge in [-0.3, -0.25) is 0 Å². The van der Waals surface area contributed by atoms with Crippen molar-refractivity contribution < 1.29 is 13.9 Å². The molecule has 1 aliphatic rings. The van der Waals surface area contributed by atoms with Crippen molar-refractivity contribution in [3.05, 3.63) is 34.9 Å². The number of nitrogens with two attached hydrogens (primary N) is 1. The first-order valence-corrected chi connectivity index (χ1v) is 4.01. The van der Waals surface area contributed by atoms with E-state index in [0.717, 1.165) is 6.07 Å². The first kappa shape index (κ1) is 8.59. The van der Waals surface area contributed by atoms with Gasteiger partial charge in [-0.25, -0.2) is 8.78 Å². The molecule has 1 aromatic carbocycles. The number of fused-ring (bicyclic) bond motifs is 1. The van der Waals surface area contributed by atoms with Crippen LogP contribution in [-0.4, -0.2) is 11.1 Å². The number of rotatable bonds is 0. The highest BCUT2D eigenvalue weighted by Gasteiger charge is 2.31. The van der Waals surface area contributed by atoms with Crippen LogP contribution >= 0.6 is 0 Å². The van der Waals surface area contributed by atoms with E-state index in [9.17, 15) is 13.9 Å². The van der Waals surface area contributed by atoms with Gasteiger partial charge in [0.1, 0.15) is 11.6 Å². The van der Waals surface area contributed by atoms with Gasteiger partial charge in [0.05, 0.1) is 6.10 Å². The lowest BCUT2D eigenvalue weighted by Crippen LogP contribution is -2.24. The summed E-state index contributed by atoms with van der Waals surface area (Å²) in [5.74, 6) is -1.34. The van der Waals surface area contributed by atoms with Crippen molar-refractivity contribution >= 4 is 0 Å². The van der Waals surface area contributed by atoms with Crippen LogP contribution in [0.3, 0.4) is 0 Å². The standard InChI is InChI=1S/C9H9F2NO/c10-5-1-4-2-7(12)9(13)8(4)6(11)3-5/h1,3,7,9,13H,2,12H2/t7-,9-/m1/s1. The van der Waals surface area contributed by atoms with Gasteiger partial charge in [0.25, 0.3) is 0 Å². The van der Waals surface area contributed by atoms with E-state index in [1.54, 1.807) is 0 Å². The second-order valence-electron chi connectivity index (χ2n) is 3.27. The van der Waals surface area contributed by atoms with Gasteiger partial charge in [0.15, 0.2) is 0 Å². The lowest BCUT2D eigenvalue weighted by atomic mass is 10.1. The summed E-state index contributed by atoms with van der Waals surface area (Å²) in [5.41, 5.74) is 6.13. The van der Waals surface area contributed by atoms with Crippen molar-refractivity contribution in [2.24, 2.45) is 5.73 Å². The van der Waals surface area contributed by atoms with E-state index in [1.807, 2.05) is 0 Å². The third-order valence-corrected chi connectivity index (χ3v) is 2.34. The Kier molecular flexibility index (Phi) is 1.82. The number of halogens is 2. The normalized spacial score (nSPS) is 26.2. The molecule has 4 heteroatoms. The second-order valence-corrected chi connectivity index (χ2v) is 3.27. The summed E-state index contributed by atoms with van der Waals surface area (Å²) in [4.78, 5) is 0. The Morgan fingerprint density at radius 2 is 2.08 bits per heavy atom. The topological polar surface area (TPSA) is 46.2 Å². The molecule has 0 fully saturated rings. The molecule has 1 aliphatic carbocycles. The van der Waals surface area contributed by atoms with Gasteiger partial charge in [-0.15, -0.1) is 0 Å². The summed E-state index contributed by atoms with van der Waals surface area (Å²) < 4.78 is 25.8. The SMILES string of the molecule is N[C@@H]1Cc2cc(F)cc(F)c2[C@@H]1O. The minimum Gasteiger partial charge on any atom is -0.387 e. The van der Waals surface area contributed by atoms with Crippen LogP contribution < -0.4 is 5.73 Å². The molecular formula is C9H9F2NO. The summed E-state index contributed by atoms with van der Waals surface area (Å²) in [6, 6.07) is 1.46. The molecule has 0 radical (unpaired) electrons. The Hall–Kier alpha value is -1.00. The molecule has 0 saturated carbocycles. The van der Waals surface area contributed by atoms with Gasteiger partial charge < -0.3 is 10.8 Å². The van der Waals surface area contributed by atoms with E-state index < -0.39 is 23.8 Å². The van der Waals surface area contributed by atoms with Crippen LogP contribution in [0.1, 0.15) is 17.2 Å². The van der Waals surface area contributed by atoms with Gasteiger partial charge in [-0.2, -0.15) is 0 Å². The number of aliphatic hydroxyl groups is 1. The molecule has 13 heavy (non-hydrogen) atoms. The molecule has 70 valence electrons. The van der Waals surface area contributed by atoms with Crippen LogP contribution in [-0.2, 0) is 6.42 Å². The number of hydrogen-bond acceptors (Lipinski definition) is 2. The average molecular weight is 185 g/mol. The summed E-state index contributed by atoms with van der Waals surface area (Å²) in [6.45, 7) is 0. The van der Waals surface area contributed by atoms with Crippen LogP contribution in [0.15, 0.2) is 12.1 Å². The fourth-order valence-corrected chi connectivity index (χ4v) is 1.72. The molecule has 3 N–H and O–H groups in total. The summed E-state index contributed by atoms with van der Waals surface area (Å²) >= 11 is 0. The maximum absolute atomic E-state index is 13.1. The van der Waals surface area contributed by atoms with Crippen molar-refractivity contribution in [1.82, 2.24) is 0 Å². The Bertz CT molecular complexity index is 354. The maximum atomic E-state index is 13.1.